The third-order valence-electron chi connectivity index (χ3n) is 6.73. The number of aliphatic imine (C=N–C) groups is 1. The number of carbonyl (C=O) groups excluding carboxylic acids is 1. The number of aromatic nitrogens is 1. The number of rotatable bonds is 8. The van der Waals surface area contributed by atoms with Crippen LogP contribution in [0.3, 0.4) is 0 Å². The van der Waals surface area contributed by atoms with E-state index in [2.05, 4.69) is 22.2 Å². The molecule has 3 heterocycles. The van der Waals surface area contributed by atoms with E-state index >= 15 is 0 Å². The molecule has 0 radical (unpaired) electrons. The Hall–Kier alpha value is -4.62. The van der Waals surface area contributed by atoms with E-state index in [1.807, 2.05) is 90.5 Å². The van der Waals surface area contributed by atoms with Gasteiger partial charge in [0.15, 0.2) is 5.17 Å². The topological polar surface area (TPSA) is 70.7 Å². The first kappa shape index (κ1) is 24.7. The average Bonchev–Trinajstić information content (AvgIpc) is 3.54. The Labute approximate surface area is 231 Å². The summed E-state index contributed by atoms with van der Waals surface area (Å²) in [6.07, 6.45) is 6.43. The first-order chi connectivity index (χ1) is 19.1. The SMILES string of the molecule is C=CCc1ccccc1OCCn1cc(/C=C2/C(=N)N3C(c4ccccc4)=CSC3=NC2=O)c2ccccc21. The van der Waals surface area contributed by atoms with Crippen molar-refractivity contribution < 1.29 is 9.53 Å². The van der Waals surface area contributed by atoms with Crippen LogP contribution in [-0.2, 0) is 17.8 Å². The van der Waals surface area contributed by atoms with Gasteiger partial charge in [0.25, 0.3) is 5.91 Å². The molecule has 192 valence electrons. The number of amides is 1. The lowest BCUT2D eigenvalue weighted by atomic mass is 10.1. The number of nitrogens with one attached hydrogen (secondary N) is 1. The number of fused-ring (bicyclic) bond motifs is 2. The predicted molar refractivity (Wildman–Crippen MR) is 160 cm³/mol. The Kier molecular flexibility index (Phi) is 6.73. The maximum atomic E-state index is 13.1. The third-order valence-corrected chi connectivity index (χ3v) is 7.56. The standard InChI is InChI=1S/C32H26N4O2S/c1-2-10-23-13-6-9-16-29(23)38-18-17-35-20-24(25-14-7-8-15-27(25)35)19-26-30(33)36-28(22-11-4-3-5-12-22)21-39-32(36)34-31(26)37/h2-9,11-16,19-21,33H,1,10,17-18H2/b26-19-,33-30?. The molecule has 1 aromatic heterocycles. The van der Waals surface area contributed by atoms with Crippen LogP contribution in [0.2, 0.25) is 0 Å². The Morgan fingerprint density at radius 3 is 2.62 bits per heavy atom. The summed E-state index contributed by atoms with van der Waals surface area (Å²) in [5.41, 5.74) is 5.09. The number of nitrogens with zero attached hydrogens (tertiary/aromatic N) is 3. The van der Waals surface area contributed by atoms with E-state index in [0.717, 1.165) is 45.5 Å². The van der Waals surface area contributed by atoms with Gasteiger partial charge in [0.05, 0.1) is 17.8 Å². The van der Waals surface area contributed by atoms with Gasteiger partial charge in [0, 0.05) is 28.1 Å². The molecule has 6 nitrogen and oxygen atoms in total. The number of hydrogen-bond acceptors (Lipinski definition) is 4. The molecule has 2 aliphatic rings. The molecule has 7 heteroatoms. The van der Waals surface area contributed by atoms with Crippen LogP contribution in [0.4, 0.5) is 0 Å². The van der Waals surface area contributed by atoms with Crippen molar-refractivity contribution in [1.29, 1.82) is 5.41 Å². The number of carbonyl (C=O) groups is 1. The van der Waals surface area contributed by atoms with Crippen molar-refractivity contribution in [3.8, 4) is 5.75 Å². The number of benzene rings is 3. The molecule has 4 aromatic rings. The zero-order chi connectivity index (χ0) is 26.8. The van der Waals surface area contributed by atoms with Gasteiger partial charge in [-0.25, -0.2) is 0 Å². The largest absolute Gasteiger partial charge is 0.491 e. The molecule has 0 atom stereocenters. The third kappa shape index (κ3) is 4.73. The molecule has 0 saturated carbocycles. The lowest BCUT2D eigenvalue weighted by Crippen LogP contribution is -2.38. The summed E-state index contributed by atoms with van der Waals surface area (Å²) in [5.74, 6) is 0.585. The minimum absolute atomic E-state index is 0.129. The fourth-order valence-electron chi connectivity index (χ4n) is 4.87. The first-order valence-corrected chi connectivity index (χ1v) is 13.6. The minimum Gasteiger partial charge on any atom is -0.491 e. The molecule has 39 heavy (non-hydrogen) atoms. The molecule has 1 amide bonds. The Bertz CT molecular complexity index is 1700. The van der Waals surface area contributed by atoms with Crippen molar-refractivity contribution in [1.82, 2.24) is 9.47 Å². The van der Waals surface area contributed by atoms with E-state index < -0.39 is 5.91 Å². The second kappa shape index (κ2) is 10.6. The van der Waals surface area contributed by atoms with E-state index in [-0.39, 0.29) is 11.4 Å². The highest BCUT2D eigenvalue weighted by Crippen LogP contribution is 2.37. The quantitative estimate of drug-likeness (QED) is 0.202. The molecule has 1 N–H and O–H groups in total. The molecule has 0 fully saturated rings. The normalized spacial score (nSPS) is 15.9. The van der Waals surface area contributed by atoms with Crippen molar-refractivity contribution in [2.24, 2.45) is 4.99 Å². The van der Waals surface area contributed by atoms with Crippen molar-refractivity contribution in [2.45, 2.75) is 13.0 Å². The molecule has 3 aromatic carbocycles. The summed E-state index contributed by atoms with van der Waals surface area (Å²) in [6.45, 7) is 4.95. The van der Waals surface area contributed by atoms with Gasteiger partial charge in [0.2, 0.25) is 0 Å². The fourth-order valence-corrected chi connectivity index (χ4v) is 5.76. The van der Waals surface area contributed by atoms with E-state index in [1.165, 1.54) is 11.8 Å². The summed E-state index contributed by atoms with van der Waals surface area (Å²) in [4.78, 5) is 19.1. The summed E-state index contributed by atoms with van der Waals surface area (Å²) in [6, 6.07) is 25.9. The minimum atomic E-state index is -0.402. The fraction of sp³-hybridized carbons (Fsp3) is 0.0938. The van der Waals surface area contributed by atoms with E-state index in [1.54, 1.807) is 11.0 Å². The van der Waals surface area contributed by atoms with Gasteiger partial charge in [-0.1, -0.05) is 84.6 Å². The van der Waals surface area contributed by atoms with Gasteiger partial charge in [0.1, 0.15) is 18.2 Å². The molecule has 6 rings (SSSR count). The van der Waals surface area contributed by atoms with Crippen LogP contribution >= 0.6 is 11.8 Å². The predicted octanol–water partition coefficient (Wildman–Crippen LogP) is 6.75. The zero-order valence-electron chi connectivity index (χ0n) is 21.2. The molecule has 0 unspecified atom stereocenters. The average molecular weight is 531 g/mol. The smallest absolute Gasteiger partial charge is 0.283 e. The Morgan fingerprint density at radius 1 is 1.00 bits per heavy atom. The summed E-state index contributed by atoms with van der Waals surface area (Å²) in [7, 11) is 0. The van der Waals surface area contributed by atoms with Gasteiger partial charge in [-0.2, -0.15) is 4.99 Å². The Balaban J connectivity index is 1.29. The van der Waals surface area contributed by atoms with Crippen LogP contribution in [0.1, 0.15) is 16.7 Å². The molecule has 0 spiro atoms. The van der Waals surface area contributed by atoms with Gasteiger partial charge >= 0.3 is 0 Å². The van der Waals surface area contributed by atoms with E-state index in [9.17, 15) is 4.79 Å². The molecule has 0 aliphatic carbocycles. The van der Waals surface area contributed by atoms with E-state index in [4.69, 9.17) is 10.1 Å². The number of thioether (sulfide) groups is 1. The highest BCUT2D eigenvalue weighted by molar-refractivity contribution is 8.17. The van der Waals surface area contributed by atoms with Crippen molar-refractivity contribution in [3.05, 3.63) is 125 Å². The van der Waals surface area contributed by atoms with Crippen molar-refractivity contribution >= 4 is 51.3 Å². The monoisotopic (exact) mass is 530 g/mol. The lowest BCUT2D eigenvalue weighted by Gasteiger charge is -2.26. The highest BCUT2D eigenvalue weighted by atomic mass is 32.2. The maximum absolute atomic E-state index is 13.1. The second-order valence-corrected chi connectivity index (χ2v) is 10.0. The molecule has 2 aliphatic heterocycles. The number of amidine groups is 2. The van der Waals surface area contributed by atoms with Crippen LogP contribution in [0.5, 0.6) is 5.75 Å². The Morgan fingerprint density at radius 2 is 1.77 bits per heavy atom. The molecule has 0 saturated heterocycles. The molecule has 0 bridgehead atoms. The van der Waals surface area contributed by atoms with Crippen LogP contribution in [0, 0.1) is 5.41 Å². The maximum Gasteiger partial charge on any atom is 0.283 e. The highest BCUT2D eigenvalue weighted by Gasteiger charge is 2.36. The van der Waals surface area contributed by atoms with Crippen molar-refractivity contribution in [2.75, 3.05) is 6.61 Å². The number of allylic oxidation sites excluding steroid dienone is 1. The first-order valence-electron chi connectivity index (χ1n) is 12.7. The lowest BCUT2D eigenvalue weighted by molar-refractivity contribution is -0.114. The number of ether oxygens (including phenoxy) is 1. The number of hydrogen-bond donors (Lipinski definition) is 1. The van der Waals surface area contributed by atoms with Crippen LogP contribution in [-0.4, -0.2) is 33.0 Å². The summed E-state index contributed by atoms with van der Waals surface area (Å²) < 4.78 is 8.26. The van der Waals surface area contributed by atoms with Crippen LogP contribution in [0.25, 0.3) is 22.7 Å². The van der Waals surface area contributed by atoms with Crippen molar-refractivity contribution in [3.63, 3.8) is 0 Å². The van der Waals surface area contributed by atoms with E-state index in [0.29, 0.717) is 18.3 Å². The van der Waals surface area contributed by atoms with Gasteiger partial charge < -0.3 is 9.30 Å². The van der Waals surface area contributed by atoms with Crippen LogP contribution in [0.15, 0.2) is 114 Å². The molecular weight excluding hydrogens is 504 g/mol. The second-order valence-electron chi connectivity index (χ2n) is 9.17. The van der Waals surface area contributed by atoms with Gasteiger partial charge in [-0.15, -0.1) is 6.58 Å². The van der Waals surface area contributed by atoms with Gasteiger partial charge in [-0.3, -0.25) is 15.1 Å². The summed E-state index contributed by atoms with van der Waals surface area (Å²) in [5, 5.41) is 12.4. The van der Waals surface area contributed by atoms with Gasteiger partial charge in [-0.05, 0) is 35.8 Å². The molecular formula is C32H26N4O2S. The number of para-hydroxylation sites is 2. The summed E-state index contributed by atoms with van der Waals surface area (Å²) >= 11 is 1.36. The zero-order valence-corrected chi connectivity index (χ0v) is 22.0. The van der Waals surface area contributed by atoms with Crippen LogP contribution < -0.4 is 4.74 Å².